The molecule has 2 heterocycles. The summed E-state index contributed by atoms with van der Waals surface area (Å²) in [6.45, 7) is 4.20. The van der Waals surface area contributed by atoms with E-state index in [-0.39, 0.29) is 0 Å². The highest BCUT2D eigenvalue weighted by Gasteiger charge is 2.25. The molecule has 1 fully saturated rings. The standard InChI is InChI=1S/C11H13BrCl2N2/c1-7-2-3-16(6-9(7)12)11-10(14)4-8(13)5-15-11/h4-5,7,9H,2-3,6H2,1H3. The van der Waals surface area contributed by atoms with E-state index in [1.54, 1.807) is 12.3 Å². The van der Waals surface area contributed by atoms with Crippen molar-refractivity contribution in [2.75, 3.05) is 18.0 Å². The summed E-state index contributed by atoms with van der Waals surface area (Å²) >= 11 is 15.7. The van der Waals surface area contributed by atoms with Gasteiger partial charge in [-0.2, -0.15) is 0 Å². The van der Waals surface area contributed by atoms with Gasteiger partial charge in [-0.1, -0.05) is 46.1 Å². The van der Waals surface area contributed by atoms with Gasteiger partial charge in [-0.25, -0.2) is 4.98 Å². The van der Waals surface area contributed by atoms with Gasteiger partial charge in [0.25, 0.3) is 0 Å². The summed E-state index contributed by atoms with van der Waals surface area (Å²) in [4.78, 5) is 7.00. The number of anilines is 1. The minimum atomic E-state index is 0.495. The van der Waals surface area contributed by atoms with Gasteiger partial charge in [-0.3, -0.25) is 0 Å². The topological polar surface area (TPSA) is 16.1 Å². The van der Waals surface area contributed by atoms with Crippen molar-refractivity contribution in [3.63, 3.8) is 0 Å². The van der Waals surface area contributed by atoms with E-state index in [0.29, 0.717) is 20.8 Å². The number of hydrogen-bond acceptors (Lipinski definition) is 2. The predicted molar refractivity (Wildman–Crippen MR) is 73.0 cm³/mol. The van der Waals surface area contributed by atoms with Crippen molar-refractivity contribution in [3.05, 3.63) is 22.3 Å². The molecule has 0 aromatic carbocycles. The Morgan fingerprint density at radius 1 is 1.50 bits per heavy atom. The Morgan fingerprint density at radius 2 is 2.25 bits per heavy atom. The van der Waals surface area contributed by atoms with Crippen LogP contribution in [0.5, 0.6) is 0 Å². The van der Waals surface area contributed by atoms with E-state index in [4.69, 9.17) is 23.2 Å². The van der Waals surface area contributed by atoms with Crippen LogP contribution < -0.4 is 4.90 Å². The van der Waals surface area contributed by atoms with Crippen LogP contribution in [0.25, 0.3) is 0 Å². The molecule has 0 spiro atoms. The quantitative estimate of drug-likeness (QED) is 0.726. The first kappa shape index (κ1) is 12.5. The summed E-state index contributed by atoms with van der Waals surface area (Å²) < 4.78 is 0. The van der Waals surface area contributed by atoms with Gasteiger partial charge in [0.15, 0.2) is 0 Å². The van der Waals surface area contributed by atoms with E-state index in [0.717, 1.165) is 25.3 Å². The number of nitrogens with zero attached hydrogens (tertiary/aromatic N) is 2. The molecular formula is C11H13BrCl2N2. The van der Waals surface area contributed by atoms with Crippen LogP contribution >= 0.6 is 39.1 Å². The van der Waals surface area contributed by atoms with Crippen molar-refractivity contribution in [1.29, 1.82) is 0 Å². The fourth-order valence-corrected chi connectivity index (χ4v) is 2.97. The van der Waals surface area contributed by atoms with Crippen molar-refractivity contribution >= 4 is 44.9 Å². The molecule has 0 amide bonds. The van der Waals surface area contributed by atoms with Gasteiger partial charge in [-0.05, 0) is 18.4 Å². The number of alkyl halides is 1. The zero-order valence-corrected chi connectivity index (χ0v) is 12.1. The predicted octanol–water partition coefficient (Wildman–Crippen LogP) is 4.00. The molecule has 0 bridgehead atoms. The van der Waals surface area contributed by atoms with E-state index < -0.39 is 0 Å². The summed E-state index contributed by atoms with van der Waals surface area (Å²) in [6, 6.07) is 1.74. The first-order chi connectivity index (χ1) is 7.58. The van der Waals surface area contributed by atoms with Crippen LogP contribution in [0.15, 0.2) is 12.3 Å². The summed E-state index contributed by atoms with van der Waals surface area (Å²) in [7, 11) is 0. The molecule has 5 heteroatoms. The molecule has 0 aliphatic carbocycles. The molecule has 88 valence electrons. The molecule has 1 aliphatic heterocycles. The Hall–Kier alpha value is 0.01000. The first-order valence-corrected chi connectivity index (χ1v) is 6.95. The van der Waals surface area contributed by atoms with Crippen molar-refractivity contribution in [3.8, 4) is 0 Å². The Kier molecular flexibility index (Phi) is 3.98. The van der Waals surface area contributed by atoms with Crippen LogP contribution in [0.2, 0.25) is 10.0 Å². The molecule has 2 rings (SSSR count). The van der Waals surface area contributed by atoms with Crippen LogP contribution in [0.1, 0.15) is 13.3 Å². The third kappa shape index (κ3) is 2.63. The number of piperidine rings is 1. The highest BCUT2D eigenvalue weighted by Crippen LogP contribution is 2.31. The van der Waals surface area contributed by atoms with Crippen LogP contribution in [0, 0.1) is 5.92 Å². The lowest BCUT2D eigenvalue weighted by Gasteiger charge is -2.35. The van der Waals surface area contributed by atoms with Gasteiger partial charge < -0.3 is 4.90 Å². The minimum Gasteiger partial charge on any atom is -0.354 e. The maximum atomic E-state index is 6.14. The van der Waals surface area contributed by atoms with Crippen molar-refractivity contribution in [2.45, 2.75) is 18.2 Å². The van der Waals surface area contributed by atoms with Gasteiger partial charge in [0.1, 0.15) is 5.82 Å². The second-order valence-electron chi connectivity index (χ2n) is 4.19. The van der Waals surface area contributed by atoms with Crippen molar-refractivity contribution < 1.29 is 0 Å². The normalized spacial score (nSPS) is 25.9. The fraction of sp³-hybridized carbons (Fsp3) is 0.545. The van der Waals surface area contributed by atoms with Gasteiger partial charge in [-0.15, -0.1) is 0 Å². The Labute approximate surface area is 114 Å². The van der Waals surface area contributed by atoms with E-state index in [1.165, 1.54) is 0 Å². The van der Waals surface area contributed by atoms with Crippen molar-refractivity contribution in [2.24, 2.45) is 5.92 Å². The van der Waals surface area contributed by atoms with E-state index in [9.17, 15) is 0 Å². The average molecular weight is 324 g/mol. The Morgan fingerprint density at radius 3 is 2.88 bits per heavy atom. The highest BCUT2D eigenvalue weighted by atomic mass is 79.9. The fourth-order valence-electron chi connectivity index (χ4n) is 1.85. The molecule has 1 aromatic heterocycles. The van der Waals surface area contributed by atoms with Crippen LogP contribution in [0.3, 0.4) is 0 Å². The molecule has 2 nitrogen and oxygen atoms in total. The zero-order chi connectivity index (χ0) is 11.7. The highest BCUT2D eigenvalue weighted by molar-refractivity contribution is 9.09. The van der Waals surface area contributed by atoms with Gasteiger partial charge in [0.05, 0.1) is 10.0 Å². The number of pyridine rings is 1. The summed E-state index contributed by atoms with van der Waals surface area (Å²) in [5.74, 6) is 1.53. The van der Waals surface area contributed by atoms with Crippen LogP contribution in [-0.2, 0) is 0 Å². The lowest BCUT2D eigenvalue weighted by atomic mass is 9.99. The lowest BCUT2D eigenvalue weighted by molar-refractivity contribution is 0.454. The molecule has 16 heavy (non-hydrogen) atoms. The van der Waals surface area contributed by atoms with E-state index in [1.807, 2.05) is 0 Å². The SMILES string of the molecule is CC1CCN(c2ncc(Cl)cc2Cl)CC1Br. The molecule has 1 saturated heterocycles. The molecule has 0 radical (unpaired) electrons. The van der Waals surface area contributed by atoms with Gasteiger partial charge in [0, 0.05) is 24.1 Å². The number of hydrogen-bond donors (Lipinski definition) is 0. The number of rotatable bonds is 1. The Balaban J connectivity index is 2.18. The van der Waals surface area contributed by atoms with Crippen LogP contribution in [0.4, 0.5) is 5.82 Å². The zero-order valence-electron chi connectivity index (χ0n) is 8.96. The Bertz CT molecular complexity index is 386. The largest absolute Gasteiger partial charge is 0.354 e. The molecule has 0 saturated carbocycles. The minimum absolute atomic E-state index is 0.495. The second-order valence-corrected chi connectivity index (χ2v) is 6.21. The molecule has 1 aromatic rings. The van der Waals surface area contributed by atoms with E-state index >= 15 is 0 Å². The molecule has 2 unspecified atom stereocenters. The third-order valence-electron chi connectivity index (χ3n) is 2.95. The summed E-state index contributed by atoms with van der Waals surface area (Å²) in [5.41, 5.74) is 0. The molecule has 1 aliphatic rings. The lowest BCUT2D eigenvalue weighted by Crippen LogP contribution is -2.40. The van der Waals surface area contributed by atoms with Crippen LogP contribution in [-0.4, -0.2) is 22.9 Å². The summed E-state index contributed by atoms with van der Waals surface area (Å²) in [6.07, 6.45) is 2.79. The molecule has 2 atom stereocenters. The second kappa shape index (κ2) is 5.11. The van der Waals surface area contributed by atoms with Gasteiger partial charge >= 0.3 is 0 Å². The van der Waals surface area contributed by atoms with E-state index in [2.05, 4.69) is 32.7 Å². The average Bonchev–Trinajstić information content (AvgIpc) is 2.22. The monoisotopic (exact) mass is 322 g/mol. The van der Waals surface area contributed by atoms with Crippen molar-refractivity contribution in [1.82, 2.24) is 4.98 Å². The van der Waals surface area contributed by atoms with Gasteiger partial charge in [0.2, 0.25) is 0 Å². The number of halogens is 3. The maximum absolute atomic E-state index is 6.14. The molecule has 0 N–H and O–H groups in total. The maximum Gasteiger partial charge on any atom is 0.147 e. The summed E-state index contributed by atoms with van der Waals surface area (Å²) in [5, 5.41) is 1.20. The smallest absolute Gasteiger partial charge is 0.147 e. The third-order valence-corrected chi connectivity index (χ3v) is 4.63. The number of aromatic nitrogens is 1. The first-order valence-electron chi connectivity index (χ1n) is 5.28. The molecular weight excluding hydrogens is 311 g/mol.